The molecule has 0 saturated heterocycles. The highest BCUT2D eigenvalue weighted by Crippen LogP contribution is 2.32. The Morgan fingerprint density at radius 3 is 2.62 bits per heavy atom. The average molecular weight is 233 g/mol. The van der Waals surface area contributed by atoms with E-state index in [0.717, 1.165) is 0 Å². The number of hydrogen-bond donors (Lipinski definition) is 1. The fourth-order valence-corrected chi connectivity index (χ4v) is 1.23. The molecule has 1 rings (SSSR count). The lowest BCUT2D eigenvalue weighted by Crippen LogP contribution is -2.13. The highest BCUT2D eigenvalue weighted by molar-refractivity contribution is 5.46. The van der Waals surface area contributed by atoms with E-state index in [1.165, 1.54) is 14.2 Å². The van der Waals surface area contributed by atoms with Crippen LogP contribution in [0.15, 0.2) is 18.2 Å². The normalized spacial score (nSPS) is 10.6. The van der Waals surface area contributed by atoms with Gasteiger partial charge in [0, 0.05) is 12.1 Å². The van der Waals surface area contributed by atoms with Gasteiger partial charge in [0.1, 0.15) is 0 Å². The summed E-state index contributed by atoms with van der Waals surface area (Å²) in [6, 6.07) is 4.88. The Morgan fingerprint density at radius 2 is 2.06 bits per heavy atom. The van der Waals surface area contributed by atoms with Crippen molar-refractivity contribution >= 4 is 0 Å². The summed E-state index contributed by atoms with van der Waals surface area (Å²) in [5, 5.41) is 0. The molecule has 0 radical (unpaired) electrons. The van der Waals surface area contributed by atoms with Crippen molar-refractivity contribution in [2.24, 2.45) is 0 Å². The lowest BCUT2D eigenvalue weighted by molar-refractivity contribution is -0.0522. The topological polar surface area (TPSA) is 39.7 Å². The molecule has 1 aromatic carbocycles. The summed E-state index contributed by atoms with van der Waals surface area (Å²) in [5.74, 6) is 0.278. The first-order chi connectivity index (χ1) is 7.69. The third-order valence-electron chi connectivity index (χ3n) is 1.89. The van der Waals surface area contributed by atoms with Gasteiger partial charge in [0.05, 0.1) is 14.2 Å². The Labute approximate surface area is 92.1 Å². The Kier molecular flexibility index (Phi) is 4.94. The maximum Gasteiger partial charge on any atom is 0.387 e. The summed E-state index contributed by atoms with van der Waals surface area (Å²) < 4.78 is 33.8. The number of hydroxylamine groups is 1. The van der Waals surface area contributed by atoms with E-state index in [2.05, 4.69) is 15.1 Å². The number of benzene rings is 1. The van der Waals surface area contributed by atoms with Crippen molar-refractivity contribution in [1.82, 2.24) is 5.48 Å². The molecule has 0 aliphatic carbocycles. The van der Waals surface area contributed by atoms with Gasteiger partial charge >= 0.3 is 6.61 Å². The predicted octanol–water partition coefficient (Wildman–Crippen LogP) is 1.95. The minimum Gasteiger partial charge on any atom is -0.493 e. The lowest BCUT2D eigenvalue weighted by Gasteiger charge is -2.14. The summed E-state index contributed by atoms with van der Waals surface area (Å²) in [5.41, 5.74) is 3.08. The van der Waals surface area contributed by atoms with Crippen LogP contribution in [0.5, 0.6) is 11.5 Å². The number of nitrogens with one attached hydrogen (secondary N) is 1. The van der Waals surface area contributed by atoms with Gasteiger partial charge < -0.3 is 14.3 Å². The summed E-state index contributed by atoms with van der Waals surface area (Å²) in [4.78, 5) is 4.65. The van der Waals surface area contributed by atoms with E-state index in [9.17, 15) is 8.78 Å². The largest absolute Gasteiger partial charge is 0.493 e. The number of rotatable bonds is 6. The van der Waals surface area contributed by atoms with Crippen LogP contribution in [0.3, 0.4) is 0 Å². The highest BCUT2D eigenvalue weighted by atomic mass is 19.3. The van der Waals surface area contributed by atoms with Gasteiger partial charge in [0.25, 0.3) is 0 Å². The minimum atomic E-state index is -2.89. The molecule has 4 nitrogen and oxygen atoms in total. The molecule has 0 bridgehead atoms. The van der Waals surface area contributed by atoms with E-state index in [4.69, 9.17) is 4.74 Å². The van der Waals surface area contributed by atoms with Crippen LogP contribution in [-0.4, -0.2) is 20.8 Å². The molecular formula is C10H13F2NO3. The third-order valence-corrected chi connectivity index (χ3v) is 1.89. The van der Waals surface area contributed by atoms with Gasteiger partial charge in [-0.15, -0.1) is 0 Å². The zero-order valence-corrected chi connectivity index (χ0v) is 9.00. The second-order valence-corrected chi connectivity index (χ2v) is 2.85. The third kappa shape index (κ3) is 3.32. The van der Waals surface area contributed by atoms with Crippen molar-refractivity contribution in [2.45, 2.75) is 13.2 Å². The molecule has 0 aromatic heterocycles. The standard InChI is InChI=1S/C10H13F2NO3/c1-14-8-5-3-4-7(6-13-15-2)9(8)16-10(11)12/h3-5,10,13H,6H2,1-2H3. The molecule has 0 unspecified atom stereocenters. The first-order valence-corrected chi connectivity index (χ1v) is 4.55. The number of halogens is 2. The van der Waals surface area contributed by atoms with Gasteiger partial charge in [-0.3, -0.25) is 0 Å². The molecule has 0 aliphatic rings. The van der Waals surface area contributed by atoms with Crippen LogP contribution in [0, 0.1) is 0 Å². The summed E-state index contributed by atoms with van der Waals surface area (Å²) in [6.07, 6.45) is 0. The van der Waals surface area contributed by atoms with Crippen LogP contribution in [0.1, 0.15) is 5.56 Å². The van der Waals surface area contributed by atoms with E-state index in [1.54, 1.807) is 18.2 Å². The Morgan fingerprint density at radius 1 is 1.31 bits per heavy atom. The van der Waals surface area contributed by atoms with E-state index in [0.29, 0.717) is 5.56 Å². The van der Waals surface area contributed by atoms with Crippen LogP contribution < -0.4 is 15.0 Å². The molecule has 1 N–H and O–H groups in total. The molecular weight excluding hydrogens is 220 g/mol. The monoisotopic (exact) mass is 233 g/mol. The molecule has 0 atom stereocenters. The number of methoxy groups -OCH3 is 1. The van der Waals surface area contributed by atoms with Gasteiger partial charge in [-0.05, 0) is 6.07 Å². The van der Waals surface area contributed by atoms with Crippen LogP contribution in [0.2, 0.25) is 0 Å². The summed E-state index contributed by atoms with van der Waals surface area (Å²) in [6.45, 7) is -2.65. The lowest BCUT2D eigenvalue weighted by atomic mass is 10.2. The summed E-state index contributed by atoms with van der Waals surface area (Å²) in [7, 11) is 2.83. The molecule has 0 amide bonds. The maximum atomic E-state index is 12.2. The zero-order valence-electron chi connectivity index (χ0n) is 9.00. The Hall–Kier alpha value is -1.40. The zero-order chi connectivity index (χ0) is 12.0. The summed E-state index contributed by atoms with van der Waals surface area (Å²) >= 11 is 0. The Balaban J connectivity index is 2.95. The van der Waals surface area contributed by atoms with E-state index < -0.39 is 6.61 Å². The van der Waals surface area contributed by atoms with Crippen LogP contribution in [0.25, 0.3) is 0 Å². The van der Waals surface area contributed by atoms with Gasteiger partial charge in [-0.25, -0.2) is 0 Å². The van der Waals surface area contributed by atoms with Crippen molar-refractivity contribution in [1.29, 1.82) is 0 Å². The molecule has 0 fully saturated rings. The van der Waals surface area contributed by atoms with Crippen LogP contribution in [0.4, 0.5) is 8.78 Å². The van der Waals surface area contributed by atoms with Gasteiger partial charge in [0.15, 0.2) is 11.5 Å². The average Bonchev–Trinajstić information content (AvgIpc) is 2.27. The number of alkyl halides is 2. The molecule has 6 heteroatoms. The fraction of sp³-hybridized carbons (Fsp3) is 0.400. The van der Waals surface area contributed by atoms with Crippen molar-refractivity contribution < 1.29 is 23.1 Å². The molecule has 1 aromatic rings. The molecule has 16 heavy (non-hydrogen) atoms. The van der Waals surface area contributed by atoms with Gasteiger partial charge in [0.2, 0.25) is 0 Å². The number of para-hydroxylation sites is 1. The smallest absolute Gasteiger partial charge is 0.387 e. The SMILES string of the molecule is CONCc1cccc(OC)c1OC(F)F. The minimum absolute atomic E-state index is 0.0181. The fourth-order valence-electron chi connectivity index (χ4n) is 1.23. The quantitative estimate of drug-likeness (QED) is 0.762. The van der Waals surface area contributed by atoms with Crippen molar-refractivity contribution in [3.05, 3.63) is 23.8 Å². The highest BCUT2D eigenvalue weighted by Gasteiger charge is 2.14. The van der Waals surface area contributed by atoms with Crippen molar-refractivity contribution in [3.8, 4) is 11.5 Å². The van der Waals surface area contributed by atoms with E-state index in [1.807, 2.05) is 0 Å². The van der Waals surface area contributed by atoms with Crippen molar-refractivity contribution in [3.63, 3.8) is 0 Å². The molecule has 0 saturated carbocycles. The number of ether oxygens (including phenoxy) is 2. The maximum absolute atomic E-state index is 12.2. The molecule has 0 spiro atoms. The van der Waals surface area contributed by atoms with Crippen molar-refractivity contribution in [2.75, 3.05) is 14.2 Å². The van der Waals surface area contributed by atoms with Crippen LogP contribution >= 0.6 is 0 Å². The second kappa shape index (κ2) is 6.24. The van der Waals surface area contributed by atoms with E-state index >= 15 is 0 Å². The van der Waals surface area contributed by atoms with E-state index in [-0.39, 0.29) is 18.0 Å². The first-order valence-electron chi connectivity index (χ1n) is 4.55. The predicted molar refractivity (Wildman–Crippen MR) is 53.5 cm³/mol. The molecule has 90 valence electrons. The first kappa shape index (κ1) is 12.7. The molecule has 0 heterocycles. The Bertz CT molecular complexity index is 334. The van der Waals surface area contributed by atoms with Gasteiger partial charge in [-0.1, -0.05) is 12.1 Å². The van der Waals surface area contributed by atoms with Crippen LogP contribution in [-0.2, 0) is 11.4 Å². The second-order valence-electron chi connectivity index (χ2n) is 2.85. The van der Waals surface area contributed by atoms with Gasteiger partial charge in [-0.2, -0.15) is 14.3 Å². The number of hydrogen-bond acceptors (Lipinski definition) is 4. The molecule has 0 aliphatic heterocycles.